The molecule has 1 N–H and O–H groups in total. The van der Waals surface area contributed by atoms with Crippen molar-refractivity contribution in [3.05, 3.63) is 164 Å². The van der Waals surface area contributed by atoms with E-state index in [0.29, 0.717) is 22.9 Å². The van der Waals surface area contributed by atoms with Crippen LogP contribution in [0, 0.1) is 0 Å². The number of nitrogens with one attached hydrogen (secondary N) is 1. The van der Waals surface area contributed by atoms with E-state index in [1.807, 2.05) is 48.5 Å². The van der Waals surface area contributed by atoms with Gasteiger partial charge in [-0.3, -0.25) is 14.4 Å². The molecule has 4 aromatic carbocycles. The van der Waals surface area contributed by atoms with Crippen LogP contribution in [0.15, 0.2) is 151 Å². The Morgan fingerprint density at radius 1 is 0.632 bits per heavy atom. The van der Waals surface area contributed by atoms with E-state index in [2.05, 4.69) is 32.1 Å². The van der Waals surface area contributed by atoms with Gasteiger partial charge in [0.1, 0.15) is 23.0 Å². The molecular weight excluding hydrogens is 803 g/mol. The number of halogens is 6. The molecule has 0 aliphatic heterocycles. The number of aromatic amines is 1. The number of rotatable bonds is 10. The molecule has 6 aromatic rings. The first-order valence-electron chi connectivity index (χ1n) is 16.2. The van der Waals surface area contributed by atoms with Crippen LogP contribution in [0.25, 0.3) is 0 Å². The quantitative estimate of drug-likeness (QED) is 0.0808. The van der Waals surface area contributed by atoms with Crippen LogP contribution >= 0.6 is 24.4 Å². The Labute approximate surface area is 329 Å². The van der Waals surface area contributed by atoms with Crippen molar-refractivity contribution in [1.29, 1.82) is 0 Å². The van der Waals surface area contributed by atoms with Gasteiger partial charge in [-0.1, -0.05) is 36.0 Å². The third-order valence-electron chi connectivity index (χ3n) is 7.17. The molecule has 0 amide bonds. The predicted octanol–water partition coefficient (Wildman–Crippen LogP) is 7.82. The summed E-state index contributed by atoms with van der Waals surface area (Å²) in [5, 5.41) is 0.223. The van der Waals surface area contributed by atoms with Crippen molar-refractivity contribution in [3.63, 3.8) is 0 Å². The van der Waals surface area contributed by atoms with Gasteiger partial charge in [0.25, 0.3) is 5.56 Å². The molecule has 6 rings (SSSR count). The lowest BCUT2D eigenvalue weighted by Gasteiger charge is -2.10. The van der Waals surface area contributed by atoms with Gasteiger partial charge in [0.15, 0.2) is 5.03 Å². The minimum Gasteiger partial charge on any atom is -0.497 e. The Bertz CT molecular complexity index is 2350. The molecule has 19 heteroatoms. The van der Waals surface area contributed by atoms with Crippen LogP contribution in [-0.4, -0.2) is 46.0 Å². The topological polar surface area (TPSA) is 127 Å². The standard InChI is InChI=1S/C19H15F3N2O3S.C12H12N2O3.C7H5F3OS/c1-26-14-4-2-13(3-5-14)12-24-11-10-23-17(18(24)25)28-16-8-6-15(7-9-16)27-19(20,21)22;1-17-10-4-2-9(3-5-10)8-14-7-6-13-11(15)12(14)16;8-7(9,10)11-5-1-3-6(12)4-2-5/h2-11H,12H2,1H3;2-7H,8H2,1H3,(H,13,15);1-4,12H. The molecule has 0 bridgehead atoms. The van der Waals surface area contributed by atoms with Gasteiger partial charge in [-0.05, 0) is 83.9 Å². The molecule has 0 fully saturated rings. The van der Waals surface area contributed by atoms with Crippen molar-refractivity contribution in [1.82, 2.24) is 19.1 Å². The number of alkyl halides is 6. The summed E-state index contributed by atoms with van der Waals surface area (Å²) in [5.41, 5.74) is 0.389. The second-order valence-electron chi connectivity index (χ2n) is 11.2. The molecule has 300 valence electrons. The zero-order valence-electron chi connectivity index (χ0n) is 29.8. The number of aromatic nitrogens is 4. The number of H-pyrrole nitrogens is 1. The van der Waals surface area contributed by atoms with Gasteiger partial charge in [-0.25, -0.2) is 4.98 Å². The van der Waals surface area contributed by atoms with E-state index in [1.165, 1.54) is 70.1 Å². The number of methoxy groups -OCH3 is 2. The van der Waals surface area contributed by atoms with E-state index in [9.17, 15) is 40.7 Å². The predicted molar refractivity (Wildman–Crippen MR) is 202 cm³/mol. The number of thiol groups is 1. The van der Waals surface area contributed by atoms with Crippen LogP contribution in [0.5, 0.6) is 23.0 Å². The molecule has 0 atom stereocenters. The monoisotopic (exact) mass is 834 g/mol. The van der Waals surface area contributed by atoms with Crippen LogP contribution in [0.3, 0.4) is 0 Å². The summed E-state index contributed by atoms with van der Waals surface area (Å²) in [6.45, 7) is 0.726. The van der Waals surface area contributed by atoms with Gasteiger partial charge in [0, 0.05) is 34.6 Å². The largest absolute Gasteiger partial charge is 0.573 e. The molecule has 0 unspecified atom stereocenters. The first kappa shape index (κ1) is 43.6. The highest BCUT2D eigenvalue weighted by Crippen LogP contribution is 2.28. The second-order valence-corrected chi connectivity index (χ2v) is 12.8. The van der Waals surface area contributed by atoms with Crippen LogP contribution in [0.4, 0.5) is 26.3 Å². The fraction of sp³-hybridized carbons (Fsp3) is 0.158. The van der Waals surface area contributed by atoms with Crippen molar-refractivity contribution in [2.24, 2.45) is 0 Å². The Morgan fingerprint density at radius 2 is 1.07 bits per heavy atom. The summed E-state index contributed by atoms with van der Waals surface area (Å²) in [7, 11) is 3.17. The van der Waals surface area contributed by atoms with Crippen molar-refractivity contribution >= 4 is 24.4 Å². The van der Waals surface area contributed by atoms with Gasteiger partial charge in [0.05, 0.1) is 27.3 Å². The third kappa shape index (κ3) is 14.8. The maximum absolute atomic E-state index is 12.6. The van der Waals surface area contributed by atoms with E-state index in [4.69, 9.17) is 9.47 Å². The molecular formula is C38H32F6N4O7S2. The summed E-state index contributed by atoms with van der Waals surface area (Å²) >= 11 is 4.98. The van der Waals surface area contributed by atoms with Crippen molar-refractivity contribution in [3.8, 4) is 23.0 Å². The molecule has 2 heterocycles. The van der Waals surface area contributed by atoms with Crippen LogP contribution in [0.2, 0.25) is 0 Å². The molecule has 11 nitrogen and oxygen atoms in total. The summed E-state index contributed by atoms with van der Waals surface area (Å²) < 4.78 is 91.9. The van der Waals surface area contributed by atoms with Crippen molar-refractivity contribution < 1.29 is 45.3 Å². The molecule has 0 radical (unpaired) electrons. The normalized spacial score (nSPS) is 11.0. The molecule has 57 heavy (non-hydrogen) atoms. The molecule has 2 aromatic heterocycles. The average molecular weight is 835 g/mol. The number of benzene rings is 4. The zero-order chi connectivity index (χ0) is 41.6. The highest BCUT2D eigenvalue weighted by atomic mass is 32.2. The minimum absolute atomic E-state index is 0.223. The van der Waals surface area contributed by atoms with E-state index >= 15 is 0 Å². The maximum Gasteiger partial charge on any atom is 0.573 e. The third-order valence-corrected chi connectivity index (χ3v) is 8.45. The van der Waals surface area contributed by atoms with E-state index in [-0.39, 0.29) is 22.1 Å². The van der Waals surface area contributed by atoms with Gasteiger partial charge < -0.3 is 33.1 Å². The van der Waals surface area contributed by atoms with E-state index in [0.717, 1.165) is 34.4 Å². The van der Waals surface area contributed by atoms with Gasteiger partial charge in [0.2, 0.25) is 0 Å². The number of hydrogen-bond donors (Lipinski definition) is 2. The van der Waals surface area contributed by atoms with E-state index < -0.39 is 23.8 Å². The minimum atomic E-state index is -4.75. The Kier molecular flexibility index (Phi) is 15.5. The van der Waals surface area contributed by atoms with Crippen molar-refractivity contribution in [2.45, 2.75) is 40.6 Å². The Morgan fingerprint density at radius 3 is 1.53 bits per heavy atom. The summed E-state index contributed by atoms with van der Waals surface area (Å²) in [4.78, 5) is 42.8. The fourth-order valence-electron chi connectivity index (χ4n) is 4.53. The molecule has 0 saturated heterocycles. The molecule has 0 spiro atoms. The lowest BCUT2D eigenvalue weighted by Crippen LogP contribution is -2.35. The number of ether oxygens (including phenoxy) is 4. The van der Waals surface area contributed by atoms with Crippen LogP contribution in [0.1, 0.15) is 11.1 Å². The second kappa shape index (κ2) is 20.2. The number of hydrogen-bond acceptors (Lipinski definition) is 10. The van der Waals surface area contributed by atoms with Gasteiger partial charge in [-0.2, -0.15) is 0 Å². The maximum atomic E-state index is 12.6. The number of nitrogens with zero attached hydrogens (tertiary/aromatic N) is 3. The lowest BCUT2D eigenvalue weighted by molar-refractivity contribution is -0.275. The molecule has 0 saturated carbocycles. The van der Waals surface area contributed by atoms with Crippen molar-refractivity contribution in [2.75, 3.05) is 14.2 Å². The Hall–Kier alpha value is -6.08. The summed E-state index contributed by atoms with van der Waals surface area (Å²) in [6.07, 6.45) is -3.28. The smallest absolute Gasteiger partial charge is 0.497 e. The first-order valence-corrected chi connectivity index (χ1v) is 17.5. The summed E-state index contributed by atoms with van der Waals surface area (Å²) in [5.74, 6) is 0.919. The highest BCUT2D eigenvalue weighted by molar-refractivity contribution is 7.99. The summed E-state index contributed by atoms with van der Waals surface area (Å²) in [6, 6.07) is 25.2. The van der Waals surface area contributed by atoms with Crippen LogP contribution < -0.4 is 35.6 Å². The molecule has 0 aliphatic rings. The highest BCUT2D eigenvalue weighted by Gasteiger charge is 2.31. The Balaban J connectivity index is 0.000000210. The zero-order valence-corrected chi connectivity index (χ0v) is 31.5. The SMILES string of the molecule is COc1ccc(Cn2cc[nH]c(=O)c2=O)cc1.COc1ccc(Cn2ccnc(Sc3ccc(OC(F)(F)F)cc3)c2=O)cc1.FC(F)(F)Oc1ccc(S)cc1. The van der Waals surface area contributed by atoms with Crippen LogP contribution in [-0.2, 0) is 13.1 Å². The van der Waals surface area contributed by atoms with E-state index in [1.54, 1.807) is 26.6 Å². The van der Waals surface area contributed by atoms with Gasteiger partial charge >= 0.3 is 23.8 Å². The fourth-order valence-corrected chi connectivity index (χ4v) is 5.50. The first-order chi connectivity index (χ1) is 27.0. The average Bonchev–Trinajstić information content (AvgIpc) is 3.17. The lowest BCUT2D eigenvalue weighted by atomic mass is 10.2. The van der Waals surface area contributed by atoms with Gasteiger partial charge in [-0.15, -0.1) is 39.0 Å². The molecule has 0 aliphatic carbocycles.